The molecular weight excluding hydrogens is 524 g/mol. The molecule has 0 saturated heterocycles. The molecule has 0 atom stereocenters. The maximum Gasteiger partial charge on any atom is 2.00 e. The number of nitrogens with one attached hydrogen (secondary N) is 1. The van der Waals surface area contributed by atoms with E-state index in [9.17, 15) is 0 Å². The third kappa shape index (κ3) is 10.9. The Bertz CT molecular complexity index is 1070. The molecule has 2 aliphatic rings. The first kappa shape index (κ1) is 30.8. The minimum absolute atomic E-state index is 0. The Balaban J connectivity index is 0.000000440. The van der Waals surface area contributed by atoms with Crippen molar-refractivity contribution in [1.82, 2.24) is 0 Å². The number of hydrogen-bond donors (Lipinski definition) is 0. The van der Waals surface area contributed by atoms with E-state index < -0.39 is 0 Å². The summed E-state index contributed by atoms with van der Waals surface area (Å²) < 4.78 is 0. The first-order valence-corrected chi connectivity index (χ1v) is 10.1. The van der Waals surface area contributed by atoms with Gasteiger partial charge in [0, 0.05) is 0 Å². The largest absolute Gasteiger partial charge is 2.00 e. The SMILES string of the molecule is [C-]1=CC=CC1.[C-]1=CC=CC1.[Cl-].[Cl-].[NH-]c1ccccc1.[Zr+2].c1ccc2c(c1)[cH-]c1ccccc12. The number of rotatable bonds is 0. The van der Waals surface area contributed by atoms with Gasteiger partial charge in [0.15, 0.2) is 0 Å². The molecule has 0 spiro atoms. The van der Waals surface area contributed by atoms with E-state index in [1.54, 1.807) is 12.1 Å². The second-order valence-corrected chi connectivity index (χ2v) is 6.69. The van der Waals surface area contributed by atoms with Crippen molar-refractivity contribution in [3.05, 3.63) is 139 Å². The number of hydrogen-bond acceptors (Lipinski definition) is 0. The molecule has 4 aromatic carbocycles. The summed E-state index contributed by atoms with van der Waals surface area (Å²) in [6, 6.07) is 28.4. The smallest absolute Gasteiger partial charge is 1.00 e. The number of halogens is 2. The van der Waals surface area contributed by atoms with E-state index in [1.807, 2.05) is 42.5 Å². The van der Waals surface area contributed by atoms with Gasteiger partial charge in [-0.25, -0.2) is 24.3 Å². The summed E-state index contributed by atoms with van der Waals surface area (Å²) in [5.74, 6) is 0. The zero-order valence-electron chi connectivity index (χ0n) is 18.2. The fraction of sp³-hybridized carbons (Fsp3) is 0.0690. The molecule has 0 saturated carbocycles. The van der Waals surface area contributed by atoms with Crippen molar-refractivity contribution < 1.29 is 51.0 Å². The van der Waals surface area contributed by atoms with Gasteiger partial charge in [-0.15, -0.1) is 58.3 Å². The predicted octanol–water partition coefficient (Wildman–Crippen LogP) is 2.70. The summed E-state index contributed by atoms with van der Waals surface area (Å²) in [4.78, 5) is 0. The third-order valence-electron chi connectivity index (χ3n) is 4.47. The minimum atomic E-state index is 0. The van der Waals surface area contributed by atoms with Crippen LogP contribution in [-0.2, 0) is 26.2 Å². The van der Waals surface area contributed by atoms with Gasteiger partial charge in [0.25, 0.3) is 0 Å². The average molecular weight is 550 g/mol. The van der Waals surface area contributed by atoms with Gasteiger partial charge in [-0.2, -0.15) is 12.2 Å². The van der Waals surface area contributed by atoms with Crippen LogP contribution in [0.2, 0.25) is 0 Å². The topological polar surface area (TPSA) is 23.8 Å². The van der Waals surface area contributed by atoms with Crippen molar-refractivity contribution in [2.24, 2.45) is 0 Å². The second kappa shape index (κ2) is 18.2. The van der Waals surface area contributed by atoms with Crippen molar-refractivity contribution in [1.29, 1.82) is 0 Å². The maximum atomic E-state index is 7.00. The van der Waals surface area contributed by atoms with Crippen LogP contribution in [0.1, 0.15) is 12.8 Å². The van der Waals surface area contributed by atoms with Gasteiger partial charge in [0.2, 0.25) is 0 Å². The van der Waals surface area contributed by atoms with E-state index in [2.05, 4.69) is 78.9 Å². The van der Waals surface area contributed by atoms with E-state index >= 15 is 0 Å². The molecule has 6 rings (SSSR count). The molecule has 1 N–H and O–H groups in total. The van der Waals surface area contributed by atoms with Crippen LogP contribution in [0.3, 0.4) is 0 Å². The van der Waals surface area contributed by atoms with E-state index in [0.717, 1.165) is 12.8 Å². The molecule has 0 fully saturated rings. The molecule has 4 heteroatoms. The van der Waals surface area contributed by atoms with Crippen LogP contribution < -0.4 is 24.8 Å². The molecule has 0 unspecified atom stereocenters. The zero-order chi connectivity index (χ0) is 20.9. The van der Waals surface area contributed by atoms with Crippen molar-refractivity contribution >= 4 is 27.2 Å². The fourth-order valence-corrected chi connectivity index (χ4v) is 3.02. The summed E-state index contributed by atoms with van der Waals surface area (Å²) >= 11 is 0. The fourth-order valence-electron chi connectivity index (χ4n) is 3.02. The zero-order valence-corrected chi connectivity index (χ0v) is 22.2. The molecule has 0 heterocycles. The number of fused-ring (bicyclic) bond motifs is 3. The van der Waals surface area contributed by atoms with Crippen LogP contribution in [0.25, 0.3) is 27.3 Å². The van der Waals surface area contributed by atoms with Gasteiger partial charge in [-0.05, 0) is 0 Å². The molecule has 168 valence electrons. The van der Waals surface area contributed by atoms with Gasteiger partial charge in [-0.1, -0.05) is 66.7 Å². The van der Waals surface area contributed by atoms with Crippen LogP contribution in [0.5, 0.6) is 0 Å². The second-order valence-electron chi connectivity index (χ2n) is 6.69. The molecule has 2 aliphatic carbocycles. The van der Waals surface area contributed by atoms with Crippen LogP contribution >= 0.6 is 0 Å². The standard InChI is InChI=1S/C13H9.C6H6N.2C5H5.2ClH.Zr/c1-3-7-12-10(5-1)9-11-6-2-4-8-13(11)12;7-6-4-2-1-3-5-6;2*1-2-4-5-3-1;;;/h1-9H;1-5,7H;2*1-3H,4H2;2*1H;/q4*-1;;;+2/p-2. The quantitative estimate of drug-likeness (QED) is 0.302. The molecule has 4 aromatic rings. The normalized spacial score (nSPS) is 11.5. The Kier molecular flexibility index (Phi) is 17.0. The van der Waals surface area contributed by atoms with Crippen LogP contribution in [0.15, 0.2) is 121 Å². The molecular formula is C29H25Cl2NZr-4. The van der Waals surface area contributed by atoms with E-state index in [4.69, 9.17) is 5.73 Å². The molecule has 33 heavy (non-hydrogen) atoms. The van der Waals surface area contributed by atoms with Crippen molar-refractivity contribution in [2.75, 3.05) is 0 Å². The number of benzene rings is 3. The van der Waals surface area contributed by atoms with Crippen LogP contribution in [-0.4, -0.2) is 0 Å². The molecule has 0 aromatic heterocycles. The Labute approximate surface area is 229 Å². The third-order valence-corrected chi connectivity index (χ3v) is 4.47. The molecule has 0 radical (unpaired) electrons. The summed E-state index contributed by atoms with van der Waals surface area (Å²) in [5.41, 5.74) is 7.57. The minimum Gasteiger partial charge on any atom is -1.00 e. The Hall–Kier alpha value is -2.25. The Morgan fingerprint density at radius 2 is 1.03 bits per heavy atom. The molecule has 0 amide bonds. The Morgan fingerprint density at radius 1 is 0.606 bits per heavy atom. The summed E-state index contributed by atoms with van der Waals surface area (Å²) in [7, 11) is 0. The van der Waals surface area contributed by atoms with Gasteiger partial charge in [0.1, 0.15) is 0 Å². The van der Waals surface area contributed by atoms with Gasteiger partial charge >= 0.3 is 26.2 Å². The van der Waals surface area contributed by atoms with Crippen LogP contribution in [0.4, 0.5) is 5.69 Å². The number of allylic oxidation sites excluding steroid dienone is 8. The van der Waals surface area contributed by atoms with Crippen molar-refractivity contribution in [3.8, 4) is 0 Å². The van der Waals surface area contributed by atoms with E-state index in [1.165, 1.54) is 21.5 Å². The summed E-state index contributed by atoms with van der Waals surface area (Å²) in [5, 5.41) is 5.39. The monoisotopic (exact) mass is 547 g/mol. The predicted molar refractivity (Wildman–Crippen MR) is 131 cm³/mol. The van der Waals surface area contributed by atoms with Crippen LogP contribution in [0, 0.1) is 12.2 Å². The summed E-state index contributed by atoms with van der Waals surface area (Å²) in [6.07, 6.45) is 20.0. The first-order valence-electron chi connectivity index (χ1n) is 10.1. The van der Waals surface area contributed by atoms with Crippen molar-refractivity contribution in [2.45, 2.75) is 12.8 Å². The molecule has 0 bridgehead atoms. The van der Waals surface area contributed by atoms with Gasteiger partial charge in [0.05, 0.1) is 0 Å². The average Bonchev–Trinajstić information content (AvgIpc) is 3.59. The van der Waals surface area contributed by atoms with Crippen molar-refractivity contribution in [3.63, 3.8) is 0 Å². The first-order chi connectivity index (χ1) is 14.8. The molecule has 1 nitrogen and oxygen atoms in total. The maximum absolute atomic E-state index is 7.00. The van der Waals surface area contributed by atoms with Gasteiger partial charge < -0.3 is 30.5 Å². The summed E-state index contributed by atoms with van der Waals surface area (Å²) in [6.45, 7) is 0. The van der Waals surface area contributed by atoms with E-state index in [-0.39, 0.29) is 51.0 Å². The molecule has 0 aliphatic heterocycles. The van der Waals surface area contributed by atoms with E-state index in [0.29, 0.717) is 5.69 Å². The van der Waals surface area contributed by atoms with Gasteiger partial charge in [-0.3, -0.25) is 12.2 Å². The Morgan fingerprint density at radius 3 is 1.33 bits per heavy atom.